The van der Waals surface area contributed by atoms with Gasteiger partial charge in [-0.3, -0.25) is 0 Å². The predicted octanol–water partition coefficient (Wildman–Crippen LogP) is 4.36. The number of ether oxygens (including phenoxy) is 2. The smallest absolute Gasteiger partial charge is 0.344 e. The molecule has 2 heterocycles. The Bertz CT molecular complexity index is 1120. The van der Waals surface area contributed by atoms with E-state index in [2.05, 4.69) is 17.1 Å². The lowest BCUT2D eigenvalue weighted by atomic mass is 10.0. The maximum atomic E-state index is 12.1. The monoisotopic (exact) mass is 386 g/mol. The third kappa shape index (κ3) is 4.82. The molecule has 0 fully saturated rings. The zero-order valence-electron chi connectivity index (χ0n) is 16.2. The summed E-state index contributed by atoms with van der Waals surface area (Å²) >= 11 is 0. The molecule has 0 atom stereocenters. The average Bonchev–Trinajstić information content (AvgIpc) is 3.14. The standard InChI is InChI=1S/C24H22N2O3/c1-18-11-12-23-25-21(15-26(23)14-18)16-29-24(27)17-28-22-10-6-5-9-20(22)13-19-7-3-2-4-8-19/h2-12,14-15H,13,16-17H2,1H3. The van der Waals surface area contributed by atoms with Gasteiger partial charge < -0.3 is 13.9 Å². The van der Waals surface area contributed by atoms with Gasteiger partial charge >= 0.3 is 5.97 Å². The summed E-state index contributed by atoms with van der Waals surface area (Å²) in [6.07, 6.45) is 4.60. The highest BCUT2D eigenvalue weighted by Crippen LogP contribution is 2.21. The summed E-state index contributed by atoms with van der Waals surface area (Å²) in [5.74, 6) is 0.268. The van der Waals surface area contributed by atoms with Crippen LogP contribution in [-0.2, 0) is 22.6 Å². The van der Waals surface area contributed by atoms with Crippen molar-refractivity contribution in [2.75, 3.05) is 6.61 Å². The van der Waals surface area contributed by atoms with Crippen LogP contribution in [0.1, 0.15) is 22.4 Å². The first-order valence-corrected chi connectivity index (χ1v) is 9.52. The number of para-hydroxylation sites is 1. The van der Waals surface area contributed by atoms with Crippen LogP contribution in [0.5, 0.6) is 5.75 Å². The maximum Gasteiger partial charge on any atom is 0.344 e. The predicted molar refractivity (Wildman–Crippen MR) is 111 cm³/mol. The molecule has 0 N–H and O–H groups in total. The van der Waals surface area contributed by atoms with Crippen LogP contribution in [0.2, 0.25) is 0 Å². The number of aromatic nitrogens is 2. The minimum absolute atomic E-state index is 0.120. The van der Waals surface area contributed by atoms with Gasteiger partial charge in [-0.1, -0.05) is 54.6 Å². The van der Waals surface area contributed by atoms with Crippen LogP contribution in [0.15, 0.2) is 79.1 Å². The summed E-state index contributed by atoms with van der Waals surface area (Å²) in [7, 11) is 0. The van der Waals surface area contributed by atoms with Gasteiger partial charge in [-0.15, -0.1) is 0 Å². The van der Waals surface area contributed by atoms with E-state index in [1.807, 2.05) is 78.3 Å². The summed E-state index contributed by atoms with van der Waals surface area (Å²) < 4.78 is 13.0. The molecule has 5 nitrogen and oxygen atoms in total. The third-order valence-electron chi connectivity index (χ3n) is 4.59. The van der Waals surface area contributed by atoms with E-state index in [1.165, 1.54) is 5.56 Å². The topological polar surface area (TPSA) is 52.8 Å². The fourth-order valence-corrected chi connectivity index (χ4v) is 3.16. The fraction of sp³-hybridized carbons (Fsp3) is 0.167. The highest BCUT2D eigenvalue weighted by Gasteiger charge is 2.10. The molecule has 4 rings (SSSR count). The SMILES string of the molecule is Cc1ccc2nc(COC(=O)COc3ccccc3Cc3ccccc3)cn2c1. The molecular weight excluding hydrogens is 364 g/mol. The molecule has 2 aromatic carbocycles. The Hall–Kier alpha value is -3.60. The van der Waals surface area contributed by atoms with E-state index in [-0.39, 0.29) is 13.2 Å². The summed E-state index contributed by atoms with van der Waals surface area (Å²) in [5.41, 5.74) is 4.89. The number of carbonyl (C=O) groups is 1. The van der Waals surface area contributed by atoms with E-state index >= 15 is 0 Å². The van der Waals surface area contributed by atoms with Gasteiger partial charge in [-0.2, -0.15) is 0 Å². The number of nitrogens with zero attached hydrogens (tertiary/aromatic N) is 2. The number of esters is 1. The molecule has 0 amide bonds. The van der Waals surface area contributed by atoms with E-state index in [0.29, 0.717) is 11.4 Å². The zero-order valence-corrected chi connectivity index (χ0v) is 16.2. The van der Waals surface area contributed by atoms with Gasteiger partial charge in [0.05, 0.1) is 5.69 Å². The Morgan fingerprint density at radius 3 is 2.62 bits per heavy atom. The fourth-order valence-electron chi connectivity index (χ4n) is 3.16. The van der Waals surface area contributed by atoms with E-state index in [9.17, 15) is 4.79 Å². The van der Waals surface area contributed by atoms with Gasteiger partial charge in [0, 0.05) is 18.8 Å². The van der Waals surface area contributed by atoms with Crippen LogP contribution in [0.4, 0.5) is 0 Å². The van der Waals surface area contributed by atoms with Crippen LogP contribution in [0.25, 0.3) is 5.65 Å². The molecule has 4 aromatic rings. The van der Waals surface area contributed by atoms with Gasteiger partial charge in [-0.25, -0.2) is 9.78 Å². The molecule has 0 aliphatic heterocycles. The maximum absolute atomic E-state index is 12.1. The Kier molecular flexibility index (Phi) is 5.56. The van der Waals surface area contributed by atoms with Crippen molar-refractivity contribution in [1.82, 2.24) is 9.38 Å². The average molecular weight is 386 g/mol. The molecule has 0 unspecified atom stereocenters. The highest BCUT2D eigenvalue weighted by molar-refractivity contribution is 5.71. The second-order valence-corrected chi connectivity index (χ2v) is 6.92. The lowest BCUT2D eigenvalue weighted by Gasteiger charge is -2.11. The Morgan fingerprint density at radius 1 is 0.966 bits per heavy atom. The second kappa shape index (κ2) is 8.61. The molecule has 0 aliphatic rings. The minimum Gasteiger partial charge on any atom is -0.482 e. The summed E-state index contributed by atoms with van der Waals surface area (Å²) in [6, 6.07) is 21.8. The first-order valence-electron chi connectivity index (χ1n) is 9.52. The van der Waals surface area contributed by atoms with E-state index < -0.39 is 5.97 Å². The molecule has 0 saturated heterocycles. The van der Waals surface area contributed by atoms with Gasteiger partial charge in [-0.05, 0) is 35.7 Å². The first-order chi connectivity index (χ1) is 14.2. The van der Waals surface area contributed by atoms with Crippen molar-refractivity contribution in [3.05, 3.63) is 102 Å². The molecule has 146 valence electrons. The van der Waals surface area contributed by atoms with Gasteiger partial charge in [0.25, 0.3) is 0 Å². The van der Waals surface area contributed by atoms with Crippen molar-refractivity contribution in [2.45, 2.75) is 20.0 Å². The molecule has 5 heteroatoms. The molecule has 2 aromatic heterocycles. The van der Waals surface area contributed by atoms with Gasteiger partial charge in [0.15, 0.2) is 6.61 Å². The number of carbonyl (C=O) groups excluding carboxylic acids is 1. The van der Waals surface area contributed by atoms with Gasteiger partial charge in [0.2, 0.25) is 0 Å². The number of imidazole rings is 1. The highest BCUT2D eigenvalue weighted by atomic mass is 16.6. The Morgan fingerprint density at radius 2 is 1.76 bits per heavy atom. The Balaban J connectivity index is 1.33. The largest absolute Gasteiger partial charge is 0.482 e. The van der Waals surface area contributed by atoms with Crippen molar-refractivity contribution in [3.63, 3.8) is 0 Å². The van der Waals surface area contributed by atoms with Crippen molar-refractivity contribution >= 4 is 11.6 Å². The number of rotatable bonds is 7. The lowest BCUT2D eigenvalue weighted by Crippen LogP contribution is -2.15. The molecular formula is C24H22N2O3. The molecule has 0 aliphatic carbocycles. The number of aryl methyl sites for hydroxylation is 1. The molecule has 29 heavy (non-hydrogen) atoms. The van der Waals surface area contributed by atoms with Crippen LogP contribution < -0.4 is 4.74 Å². The second-order valence-electron chi connectivity index (χ2n) is 6.92. The molecule has 0 spiro atoms. The van der Waals surface area contributed by atoms with Crippen LogP contribution in [0, 0.1) is 6.92 Å². The number of fused-ring (bicyclic) bond motifs is 1. The zero-order chi connectivity index (χ0) is 20.1. The number of hydrogen-bond acceptors (Lipinski definition) is 4. The number of benzene rings is 2. The molecule has 0 saturated carbocycles. The van der Waals surface area contributed by atoms with Crippen molar-refractivity contribution in [3.8, 4) is 5.75 Å². The third-order valence-corrected chi connectivity index (χ3v) is 4.59. The van der Waals surface area contributed by atoms with Crippen LogP contribution >= 0.6 is 0 Å². The molecule has 0 bridgehead atoms. The van der Waals surface area contributed by atoms with Crippen LogP contribution in [-0.4, -0.2) is 22.0 Å². The van der Waals surface area contributed by atoms with E-state index in [0.717, 1.165) is 23.2 Å². The summed E-state index contributed by atoms with van der Waals surface area (Å²) in [5, 5.41) is 0. The van der Waals surface area contributed by atoms with Crippen LogP contribution in [0.3, 0.4) is 0 Å². The molecule has 0 radical (unpaired) electrons. The van der Waals surface area contributed by atoms with E-state index in [1.54, 1.807) is 0 Å². The number of pyridine rings is 1. The van der Waals surface area contributed by atoms with Crippen molar-refractivity contribution < 1.29 is 14.3 Å². The number of hydrogen-bond donors (Lipinski definition) is 0. The normalized spacial score (nSPS) is 10.8. The lowest BCUT2D eigenvalue weighted by molar-refractivity contribution is -0.147. The first kappa shape index (κ1) is 18.7. The quantitative estimate of drug-likeness (QED) is 0.443. The summed E-state index contributed by atoms with van der Waals surface area (Å²) in [6.45, 7) is 2.00. The van der Waals surface area contributed by atoms with Crippen molar-refractivity contribution in [2.24, 2.45) is 0 Å². The van der Waals surface area contributed by atoms with Crippen molar-refractivity contribution in [1.29, 1.82) is 0 Å². The van der Waals surface area contributed by atoms with Gasteiger partial charge in [0.1, 0.15) is 18.0 Å². The Labute approximate surface area is 169 Å². The minimum atomic E-state index is -0.423. The van der Waals surface area contributed by atoms with E-state index in [4.69, 9.17) is 9.47 Å². The summed E-state index contributed by atoms with van der Waals surface area (Å²) in [4.78, 5) is 16.6.